The molecule has 0 aromatic rings. The zero-order chi connectivity index (χ0) is 48.8. The summed E-state index contributed by atoms with van der Waals surface area (Å²) in [6, 6.07) is 0. The van der Waals surface area contributed by atoms with Crippen molar-refractivity contribution in [3.05, 3.63) is 24.3 Å². The first-order chi connectivity index (χ1) is 32.7. The highest BCUT2D eigenvalue weighted by atomic mass is 16.7. The van der Waals surface area contributed by atoms with Crippen molar-refractivity contribution >= 4 is 17.9 Å². The standard InChI is InChI=1S/C56H102O11/c1-3-5-7-9-11-13-15-17-19-21-23-25-27-28-30-32-34-36-38-40-42-44-49(57)64-46-48(47-65-56-53(61)51(59)52(60)54(67-56)55(62)63)66-50(58)45-43-41-39-37-35-33-31-29-26-24-22-20-18-16-14-12-10-8-6-4-2/h15,17,21,23,48,51-54,56,59-61H,3-14,16,18-20,22,24-47H2,1-2H3,(H,62,63)/b17-15-,23-21-. The second-order valence-electron chi connectivity index (χ2n) is 19.4. The Morgan fingerprint density at radius 2 is 0.836 bits per heavy atom. The lowest BCUT2D eigenvalue weighted by Gasteiger charge is -2.38. The van der Waals surface area contributed by atoms with Gasteiger partial charge in [0, 0.05) is 12.8 Å². The second kappa shape index (κ2) is 46.1. The minimum Gasteiger partial charge on any atom is -0.479 e. The molecule has 392 valence electrons. The van der Waals surface area contributed by atoms with Gasteiger partial charge in [0.05, 0.1) is 6.61 Å². The molecule has 1 aliphatic rings. The van der Waals surface area contributed by atoms with Crippen LogP contribution in [0.1, 0.15) is 264 Å². The van der Waals surface area contributed by atoms with Crippen molar-refractivity contribution in [2.24, 2.45) is 0 Å². The van der Waals surface area contributed by atoms with Gasteiger partial charge < -0.3 is 39.4 Å². The molecule has 1 saturated heterocycles. The summed E-state index contributed by atoms with van der Waals surface area (Å²) in [4.78, 5) is 37.1. The molecule has 0 saturated carbocycles. The molecule has 1 fully saturated rings. The van der Waals surface area contributed by atoms with Crippen LogP contribution in [0.2, 0.25) is 0 Å². The first-order valence-electron chi connectivity index (χ1n) is 27.9. The van der Waals surface area contributed by atoms with Gasteiger partial charge in [0.2, 0.25) is 0 Å². The average Bonchev–Trinajstić information content (AvgIpc) is 3.31. The highest BCUT2D eigenvalue weighted by Gasteiger charge is 2.47. The van der Waals surface area contributed by atoms with E-state index in [1.54, 1.807) is 0 Å². The predicted molar refractivity (Wildman–Crippen MR) is 271 cm³/mol. The number of aliphatic hydroxyl groups is 3. The van der Waals surface area contributed by atoms with Gasteiger partial charge in [-0.1, -0.05) is 231 Å². The molecule has 6 atom stereocenters. The van der Waals surface area contributed by atoms with E-state index in [0.29, 0.717) is 12.8 Å². The predicted octanol–water partition coefficient (Wildman–Crippen LogP) is 13.7. The summed E-state index contributed by atoms with van der Waals surface area (Å²) in [5.74, 6) is -2.43. The molecule has 0 amide bonds. The van der Waals surface area contributed by atoms with Crippen molar-refractivity contribution in [2.45, 2.75) is 301 Å². The number of rotatable bonds is 48. The van der Waals surface area contributed by atoms with Crippen LogP contribution < -0.4 is 0 Å². The van der Waals surface area contributed by atoms with Crippen molar-refractivity contribution in [3.8, 4) is 0 Å². The number of hydrogen-bond acceptors (Lipinski definition) is 10. The Labute approximate surface area is 409 Å². The van der Waals surface area contributed by atoms with E-state index in [9.17, 15) is 34.8 Å². The smallest absolute Gasteiger partial charge is 0.335 e. The summed E-state index contributed by atoms with van der Waals surface area (Å²) >= 11 is 0. The third-order valence-corrected chi connectivity index (χ3v) is 13.1. The van der Waals surface area contributed by atoms with Gasteiger partial charge in [-0.05, 0) is 44.9 Å². The number of carbonyl (C=O) groups excluding carboxylic acids is 2. The number of allylic oxidation sites excluding steroid dienone is 4. The molecule has 1 heterocycles. The van der Waals surface area contributed by atoms with Crippen LogP contribution in [0.5, 0.6) is 0 Å². The Morgan fingerprint density at radius 3 is 1.24 bits per heavy atom. The quantitative estimate of drug-likeness (QED) is 0.0260. The molecule has 0 bridgehead atoms. The van der Waals surface area contributed by atoms with Gasteiger partial charge in [-0.25, -0.2) is 4.79 Å². The highest BCUT2D eigenvalue weighted by Crippen LogP contribution is 2.23. The summed E-state index contributed by atoms with van der Waals surface area (Å²) in [5, 5.41) is 40.0. The fourth-order valence-electron chi connectivity index (χ4n) is 8.68. The SMILES string of the molecule is CCCCCCC/C=C\C/C=C\CCCCCCCCCCCC(=O)OCC(COC1OC(C(=O)O)C(O)C(O)C1O)OC(=O)CCCCCCCCCCCCCCCCCCCCCC. The number of aliphatic hydroxyl groups excluding tert-OH is 3. The van der Waals surface area contributed by atoms with Gasteiger partial charge in [0.15, 0.2) is 18.5 Å². The number of unbranched alkanes of at least 4 members (excludes halogenated alkanes) is 33. The average molecular weight is 951 g/mol. The second-order valence-corrected chi connectivity index (χ2v) is 19.4. The van der Waals surface area contributed by atoms with Crippen LogP contribution in [-0.4, -0.2) is 88.4 Å². The number of hydrogen-bond donors (Lipinski definition) is 4. The summed E-state index contributed by atoms with van der Waals surface area (Å²) in [6.45, 7) is 3.85. The Morgan fingerprint density at radius 1 is 0.463 bits per heavy atom. The van der Waals surface area contributed by atoms with Crippen molar-refractivity contribution in [1.29, 1.82) is 0 Å². The van der Waals surface area contributed by atoms with E-state index in [2.05, 4.69) is 38.2 Å². The van der Waals surface area contributed by atoms with Crippen molar-refractivity contribution in [3.63, 3.8) is 0 Å². The lowest BCUT2D eigenvalue weighted by Crippen LogP contribution is -2.60. The molecule has 0 aliphatic carbocycles. The third-order valence-electron chi connectivity index (χ3n) is 13.1. The van der Waals surface area contributed by atoms with Crippen molar-refractivity contribution < 1.29 is 53.8 Å². The van der Waals surface area contributed by atoms with E-state index in [-0.39, 0.29) is 26.1 Å². The first-order valence-corrected chi connectivity index (χ1v) is 27.9. The molecule has 6 unspecified atom stereocenters. The molecule has 0 spiro atoms. The zero-order valence-corrected chi connectivity index (χ0v) is 42.9. The summed E-state index contributed by atoms with van der Waals surface area (Å²) < 4.78 is 21.9. The molecule has 0 radical (unpaired) electrons. The van der Waals surface area contributed by atoms with Gasteiger partial charge in [-0.3, -0.25) is 9.59 Å². The molecule has 0 aromatic heterocycles. The van der Waals surface area contributed by atoms with E-state index in [1.807, 2.05) is 0 Å². The Kier molecular flexibility index (Phi) is 43.1. The number of esters is 2. The third kappa shape index (κ3) is 37.2. The van der Waals surface area contributed by atoms with Crippen molar-refractivity contribution in [1.82, 2.24) is 0 Å². The van der Waals surface area contributed by atoms with Crippen molar-refractivity contribution in [2.75, 3.05) is 13.2 Å². The van der Waals surface area contributed by atoms with Gasteiger partial charge in [-0.2, -0.15) is 0 Å². The normalized spacial score (nSPS) is 19.1. The zero-order valence-electron chi connectivity index (χ0n) is 42.9. The molecular weight excluding hydrogens is 849 g/mol. The fourth-order valence-corrected chi connectivity index (χ4v) is 8.68. The molecule has 4 N–H and O–H groups in total. The molecule has 1 aliphatic heterocycles. The summed E-state index contributed by atoms with van der Waals surface area (Å²) in [5.41, 5.74) is 0. The Bertz CT molecular complexity index is 1210. The monoisotopic (exact) mass is 951 g/mol. The molecule has 67 heavy (non-hydrogen) atoms. The van der Waals surface area contributed by atoms with E-state index in [4.69, 9.17) is 18.9 Å². The maximum atomic E-state index is 12.9. The molecular formula is C56H102O11. The first kappa shape index (κ1) is 62.7. The van der Waals surface area contributed by atoms with Gasteiger partial charge in [0.25, 0.3) is 0 Å². The maximum absolute atomic E-state index is 12.9. The van der Waals surface area contributed by atoms with Crippen LogP contribution in [0, 0.1) is 0 Å². The van der Waals surface area contributed by atoms with E-state index in [1.165, 1.54) is 173 Å². The highest BCUT2D eigenvalue weighted by molar-refractivity contribution is 5.73. The molecule has 11 heteroatoms. The largest absolute Gasteiger partial charge is 0.479 e. The number of ether oxygens (including phenoxy) is 4. The van der Waals surface area contributed by atoms with E-state index < -0.39 is 54.7 Å². The lowest BCUT2D eigenvalue weighted by atomic mass is 9.99. The topological polar surface area (TPSA) is 169 Å². The minimum atomic E-state index is -1.86. The molecule has 1 rings (SSSR count). The number of carboxylic acid groups (broad SMARTS) is 1. The minimum absolute atomic E-state index is 0.187. The van der Waals surface area contributed by atoms with Crippen LogP contribution >= 0.6 is 0 Å². The lowest BCUT2D eigenvalue weighted by molar-refractivity contribution is -0.298. The maximum Gasteiger partial charge on any atom is 0.335 e. The number of carboxylic acids is 1. The molecule has 0 aromatic carbocycles. The van der Waals surface area contributed by atoms with Crippen LogP contribution in [0.15, 0.2) is 24.3 Å². The Hall–Kier alpha value is -2.31. The van der Waals surface area contributed by atoms with E-state index >= 15 is 0 Å². The summed E-state index contributed by atoms with van der Waals surface area (Å²) in [7, 11) is 0. The fraction of sp³-hybridized carbons (Fsp3) is 0.875. The van der Waals surface area contributed by atoms with Crippen LogP contribution in [0.4, 0.5) is 0 Å². The van der Waals surface area contributed by atoms with Gasteiger partial charge >= 0.3 is 17.9 Å². The molecule has 11 nitrogen and oxygen atoms in total. The van der Waals surface area contributed by atoms with E-state index in [0.717, 1.165) is 51.4 Å². The van der Waals surface area contributed by atoms with Crippen LogP contribution in [0.3, 0.4) is 0 Å². The van der Waals surface area contributed by atoms with Gasteiger partial charge in [-0.15, -0.1) is 0 Å². The Balaban J connectivity index is 2.25. The van der Waals surface area contributed by atoms with Gasteiger partial charge in [0.1, 0.15) is 24.9 Å². The number of aliphatic carboxylic acids is 1. The van der Waals surface area contributed by atoms with Crippen LogP contribution in [-0.2, 0) is 33.3 Å². The summed E-state index contributed by atoms with van der Waals surface area (Å²) in [6.07, 6.45) is 45.1. The number of carbonyl (C=O) groups is 3. The van der Waals surface area contributed by atoms with Crippen LogP contribution in [0.25, 0.3) is 0 Å².